The van der Waals surface area contributed by atoms with Gasteiger partial charge in [0.1, 0.15) is 5.75 Å². The molecule has 1 N–H and O–H groups in total. The molecule has 1 heterocycles. The number of aromatic nitrogens is 1. The van der Waals surface area contributed by atoms with Gasteiger partial charge < -0.3 is 10.1 Å². The number of nitrogens with one attached hydrogen (secondary N) is 1. The molecule has 130 valence electrons. The van der Waals surface area contributed by atoms with Crippen LogP contribution in [0.2, 0.25) is 0 Å². The number of methoxy groups -OCH3 is 1. The number of unbranched alkanes of at least 4 members (excludes halogenated alkanes) is 1. The molecule has 6 heteroatoms. The number of hydrogen-bond donors (Lipinski definition) is 1. The van der Waals surface area contributed by atoms with Crippen molar-refractivity contribution in [3.63, 3.8) is 0 Å². The third-order valence-electron chi connectivity index (χ3n) is 3.70. The van der Waals surface area contributed by atoms with Crippen molar-refractivity contribution in [2.45, 2.75) is 24.1 Å². The molecule has 0 unspecified atom stereocenters. The molecule has 0 fully saturated rings. The Morgan fingerprint density at radius 1 is 1.24 bits per heavy atom. The zero-order chi connectivity index (χ0) is 17.6. The maximum Gasteiger partial charge on any atom is 0.255 e. The topological polar surface area (TPSA) is 51.2 Å². The summed E-state index contributed by atoms with van der Waals surface area (Å²) in [6.07, 6.45) is 2.39. The Morgan fingerprint density at radius 3 is 2.76 bits per heavy atom. The number of rotatable bonds is 7. The summed E-state index contributed by atoms with van der Waals surface area (Å²) in [4.78, 5) is 17.0. The van der Waals surface area contributed by atoms with E-state index in [-0.39, 0.29) is 5.91 Å². The minimum Gasteiger partial charge on any atom is -0.497 e. The van der Waals surface area contributed by atoms with Gasteiger partial charge in [0.25, 0.3) is 5.91 Å². The van der Waals surface area contributed by atoms with E-state index in [4.69, 9.17) is 4.74 Å². The Labute approximate surface area is 155 Å². The summed E-state index contributed by atoms with van der Waals surface area (Å²) in [7, 11) is 1.61. The second-order valence-corrected chi connectivity index (χ2v) is 7.92. The van der Waals surface area contributed by atoms with Crippen LogP contribution in [0.3, 0.4) is 0 Å². The number of amides is 1. The Balaban J connectivity index is 1.71. The monoisotopic (exact) mass is 372 g/mol. The summed E-state index contributed by atoms with van der Waals surface area (Å²) in [6.45, 7) is 2.19. The highest BCUT2D eigenvalue weighted by Crippen LogP contribution is 2.31. The summed E-state index contributed by atoms with van der Waals surface area (Å²) >= 11 is 3.47. The lowest BCUT2D eigenvalue weighted by molar-refractivity contribution is 0.102. The van der Waals surface area contributed by atoms with Crippen molar-refractivity contribution < 1.29 is 9.53 Å². The van der Waals surface area contributed by atoms with E-state index in [9.17, 15) is 4.79 Å². The first-order valence-corrected chi connectivity index (χ1v) is 9.98. The largest absolute Gasteiger partial charge is 0.497 e. The van der Waals surface area contributed by atoms with E-state index >= 15 is 0 Å². The van der Waals surface area contributed by atoms with Crippen LogP contribution in [0.15, 0.2) is 46.8 Å². The highest BCUT2D eigenvalue weighted by atomic mass is 32.2. The Bertz CT molecular complexity index is 859. The van der Waals surface area contributed by atoms with Gasteiger partial charge in [0.2, 0.25) is 0 Å². The normalized spacial score (nSPS) is 10.8. The number of hydrogen-bond acceptors (Lipinski definition) is 5. The highest BCUT2D eigenvalue weighted by Gasteiger charge is 2.09. The van der Waals surface area contributed by atoms with Crippen molar-refractivity contribution in [3.8, 4) is 5.75 Å². The van der Waals surface area contributed by atoms with Crippen LogP contribution in [0.4, 0.5) is 5.69 Å². The van der Waals surface area contributed by atoms with Gasteiger partial charge in [-0.1, -0.05) is 25.1 Å². The lowest BCUT2D eigenvalue weighted by Gasteiger charge is -2.06. The minimum atomic E-state index is -0.135. The number of thiazole rings is 1. The van der Waals surface area contributed by atoms with Crippen molar-refractivity contribution in [2.75, 3.05) is 18.2 Å². The van der Waals surface area contributed by atoms with Crippen molar-refractivity contribution in [1.29, 1.82) is 0 Å². The molecule has 0 saturated carbocycles. The quantitative estimate of drug-likeness (QED) is 0.443. The van der Waals surface area contributed by atoms with Crippen LogP contribution in [-0.2, 0) is 0 Å². The average Bonchev–Trinajstić information content (AvgIpc) is 3.04. The van der Waals surface area contributed by atoms with Gasteiger partial charge in [-0.05, 0) is 48.9 Å². The molecule has 0 aliphatic carbocycles. The third-order valence-corrected chi connectivity index (χ3v) is 5.95. The van der Waals surface area contributed by atoms with Crippen LogP contribution in [-0.4, -0.2) is 23.8 Å². The van der Waals surface area contributed by atoms with E-state index in [0.717, 1.165) is 31.7 Å². The molecule has 1 aromatic heterocycles. The highest BCUT2D eigenvalue weighted by molar-refractivity contribution is 8.01. The summed E-state index contributed by atoms with van der Waals surface area (Å²) < 4.78 is 7.29. The number of nitrogens with zero attached hydrogens (tertiary/aromatic N) is 1. The maximum atomic E-state index is 12.4. The second-order valence-electron chi connectivity index (χ2n) is 5.55. The zero-order valence-corrected chi connectivity index (χ0v) is 15.9. The molecule has 3 aromatic rings. The molecule has 0 spiro atoms. The number of ether oxygens (including phenoxy) is 1. The molecule has 0 aliphatic rings. The number of thioether (sulfide) groups is 1. The summed E-state index contributed by atoms with van der Waals surface area (Å²) in [5.41, 5.74) is 2.36. The molecule has 0 radical (unpaired) electrons. The molecule has 4 nitrogen and oxygen atoms in total. The van der Waals surface area contributed by atoms with Crippen molar-refractivity contribution >= 4 is 44.9 Å². The molecule has 1 amide bonds. The van der Waals surface area contributed by atoms with Crippen molar-refractivity contribution in [2.24, 2.45) is 0 Å². The van der Waals surface area contributed by atoms with Gasteiger partial charge in [0.15, 0.2) is 4.34 Å². The SMILES string of the molecule is CCCCSc1nc2ccc(NC(=O)c3ccc(OC)cc3)cc2s1. The molecule has 0 atom stereocenters. The second kappa shape index (κ2) is 8.36. The van der Waals surface area contributed by atoms with E-state index in [2.05, 4.69) is 17.2 Å². The molecule has 0 bridgehead atoms. The van der Waals surface area contributed by atoms with Crippen LogP contribution in [0.1, 0.15) is 30.1 Å². The molecular weight excluding hydrogens is 352 g/mol. The number of anilines is 1. The first kappa shape index (κ1) is 17.8. The van der Waals surface area contributed by atoms with Crippen molar-refractivity contribution in [1.82, 2.24) is 4.98 Å². The lowest BCUT2D eigenvalue weighted by atomic mass is 10.2. The van der Waals surface area contributed by atoms with Gasteiger partial charge in [-0.15, -0.1) is 11.3 Å². The van der Waals surface area contributed by atoms with Gasteiger partial charge in [0, 0.05) is 17.0 Å². The standard InChI is InChI=1S/C19H20N2O2S2/c1-3-4-11-24-19-21-16-10-7-14(12-17(16)25-19)20-18(22)13-5-8-15(23-2)9-6-13/h5-10,12H,3-4,11H2,1-2H3,(H,20,22). The first-order valence-electron chi connectivity index (χ1n) is 8.18. The fourth-order valence-corrected chi connectivity index (χ4v) is 4.55. The van der Waals surface area contributed by atoms with Gasteiger partial charge in [-0.2, -0.15) is 0 Å². The number of benzene rings is 2. The van der Waals surface area contributed by atoms with Gasteiger partial charge >= 0.3 is 0 Å². The van der Waals surface area contributed by atoms with E-state index in [1.165, 1.54) is 12.8 Å². The Morgan fingerprint density at radius 2 is 2.04 bits per heavy atom. The molecule has 0 saturated heterocycles. The number of fused-ring (bicyclic) bond motifs is 1. The molecular formula is C19H20N2O2S2. The molecule has 25 heavy (non-hydrogen) atoms. The fraction of sp³-hybridized carbons (Fsp3) is 0.263. The molecule has 3 rings (SSSR count). The molecule has 2 aromatic carbocycles. The third kappa shape index (κ3) is 4.52. The van der Waals surface area contributed by atoms with Gasteiger partial charge in [-0.3, -0.25) is 4.79 Å². The van der Waals surface area contributed by atoms with Crippen LogP contribution in [0.25, 0.3) is 10.2 Å². The van der Waals surface area contributed by atoms with E-state index < -0.39 is 0 Å². The van der Waals surface area contributed by atoms with Crippen LogP contribution >= 0.6 is 23.1 Å². The fourth-order valence-electron chi connectivity index (χ4n) is 2.29. The van der Waals surface area contributed by atoms with Crippen LogP contribution in [0, 0.1) is 0 Å². The van der Waals surface area contributed by atoms with E-state index in [1.54, 1.807) is 54.5 Å². The summed E-state index contributed by atoms with van der Waals surface area (Å²) in [6, 6.07) is 12.9. The first-order chi connectivity index (χ1) is 12.2. The Hall–Kier alpha value is -2.05. The van der Waals surface area contributed by atoms with E-state index in [1.807, 2.05) is 18.2 Å². The van der Waals surface area contributed by atoms with Crippen molar-refractivity contribution in [3.05, 3.63) is 48.0 Å². The Kier molecular flexibility index (Phi) is 5.94. The van der Waals surface area contributed by atoms with Crippen LogP contribution < -0.4 is 10.1 Å². The molecule has 0 aliphatic heterocycles. The van der Waals surface area contributed by atoms with Crippen LogP contribution in [0.5, 0.6) is 5.75 Å². The van der Waals surface area contributed by atoms with E-state index in [0.29, 0.717) is 5.56 Å². The minimum absolute atomic E-state index is 0.135. The van der Waals surface area contributed by atoms with Gasteiger partial charge in [0.05, 0.1) is 17.3 Å². The lowest BCUT2D eigenvalue weighted by Crippen LogP contribution is -2.11. The average molecular weight is 373 g/mol. The van der Waals surface area contributed by atoms with Gasteiger partial charge in [-0.25, -0.2) is 4.98 Å². The maximum absolute atomic E-state index is 12.4. The predicted octanol–water partition coefficient (Wildman–Crippen LogP) is 5.45. The number of carbonyl (C=O) groups is 1. The number of carbonyl (C=O) groups excluding carboxylic acids is 1. The summed E-state index contributed by atoms with van der Waals surface area (Å²) in [5.74, 6) is 1.69. The smallest absolute Gasteiger partial charge is 0.255 e. The predicted molar refractivity (Wildman–Crippen MR) is 106 cm³/mol. The summed E-state index contributed by atoms with van der Waals surface area (Å²) in [5, 5.41) is 2.94. The zero-order valence-electron chi connectivity index (χ0n) is 14.2.